The van der Waals surface area contributed by atoms with E-state index in [2.05, 4.69) is 0 Å². The summed E-state index contributed by atoms with van der Waals surface area (Å²) in [6.45, 7) is 1.68. The second-order valence-electron chi connectivity index (χ2n) is 2.41. The van der Waals surface area contributed by atoms with E-state index < -0.39 is 15.7 Å². The first-order valence-corrected chi connectivity index (χ1v) is 4.80. The van der Waals surface area contributed by atoms with Crippen LogP contribution in [0.25, 0.3) is 0 Å². The zero-order chi connectivity index (χ0) is 9.94. The van der Waals surface area contributed by atoms with Gasteiger partial charge in [0.2, 0.25) is 4.33 Å². The Kier molecular flexibility index (Phi) is 5.00. The molecule has 0 spiro atoms. The maximum Gasteiger partial charge on any atom is 0.341 e. The van der Waals surface area contributed by atoms with Crippen molar-refractivity contribution in [1.29, 1.82) is 0 Å². The van der Waals surface area contributed by atoms with Gasteiger partial charge in [-0.2, -0.15) is 0 Å². The van der Waals surface area contributed by atoms with Crippen molar-refractivity contribution in [2.75, 3.05) is 0 Å². The third kappa shape index (κ3) is 3.56. The van der Waals surface area contributed by atoms with Gasteiger partial charge in [-0.05, 0) is 13.3 Å². The molecule has 0 amide bonds. The molecule has 0 aromatic rings. The molecule has 6 heteroatoms. The molecule has 0 saturated heterocycles. The minimum Gasteiger partial charge on any atom is -0.479 e. The molecule has 0 radical (unpaired) electrons. The highest BCUT2D eigenvalue weighted by Crippen LogP contribution is 2.33. The summed E-state index contributed by atoms with van der Waals surface area (Å²) in [5.74, 6) is -1.36. The Balaban J connectivity index is 4.25. The smallest absolute Gasteiger partial charge is 0.341 e. The van der Waals surface area contributed by atoms with Crippen LogP contribution in [0.15, 0.2) is 0 Å². The fourth-order valence-electron chi connectivity index (χ4n) is 0.567. The number of carboxylic acid groups (broad SMARTS) is 1. The molecule has 0 aromatic carbocycles. The monoisotopic (exact) mass is 252 g/mol. The van der Waals surface area contributed by atoms with E-state index in [9.17, 15) is 4.79 Å². The van der Waals surface area contributed by atoms with Gasteiger partial charge in [-0.1, -0.05) is 23.2 Å². The molecule has 72 valence electrons. The predicted molar refractivity (Wildman–Crippen MR) is 51.6 cm³/mol. The lowest BCUT2D eigenvalue weighted by atomic mass is 10.2. The Morgan fingerprint density at radius 1 is 1.50 bits per heavy atom. The summed E-state index contributed by atoms with van der Waals surface area (Å²) in [6.07, 6.45) is 0.239. The highest BCUT2D eigenvalue weighted by atomic mass is 35.5. The van der Waals surface area contributed by atoms with Crippen molar-refractivity contribution < 1.29 is 9.90 Å². The topological polar surface area (TPSA) is 37.3 Å². The van der Waals surface area contributed by atoms with Crippen molar-refractivity contribution in [2.24, 2.45) is 0 Å². The number of hydrogen-bond donors (Lipinski definition) is 1. The SMILES string of the molecule is CC(Cl)CC(Cl)C(Cl)(Cl)C(=O)O. The number of carboxylic acids is 1. The fraction of sp³-hybridized carbons (Fsp3) is 0.833. The summed E-state index contributed by atoms with van der Waals surface area (Å²) in [6, 6.07) is 0. The average molecular weight is 254 g/mol. The van der Waals surface area contributed by atoms with Crippen LogP contribution in [0.2, 0.25) is 0 Å². The maximum absolute atomic E-state index is 10.5. The summed E-state index contributed by atoms with van der Waals surface area (Å²) >= 11 is 22.1. The molecule has 0 rings (SSSR count). The third-order valence-corrected chi connectivity index (χ3v) is 2.97. The minimum absolute atomic E-state index is 0.239. The van der Waals surface area contributed by atoms with Crippen molar-refractivity contribution in [3.05, 3.63) is 0 Å². The Hall–Kier alpha value is 0.630. The predicted octanol–water partition coefficient (Wildman–Crippen LogP) is 2.87. The van der Waals surface area contributed by atoms with Crippen LogP contribution < -0.4 is 0 Å². The van der Waals surface area contributed by atoms with E-state index >= 15 is 0 Å². The Labute approximate surface area is 90.7 Å². The van der Waals surface area contributed by atoms with Crippen LogP contribution in [0.4, 0.5) is 0 Å². The van der Waals surface area contributed by atoms with Crippen LogP contribution in [0.3, 0.4) is 0 Å². The van der Waals surface area contributed by atoms with Gasteiger partial charge in [0.05, 0.1) is 5.38 Å². The van der Waals surface area contributed by atoms with Crippen LogP contribution in [0.1, 0.15) is 13.3 Å². The molecule has 0 aliphatic carbocycles. The zero-order valence-electron chi connectivity index (χ0n) is 6.23. The van der Waals surface area contributed by atoms with E-state index in [1.165, 1.54) is 0 Å². The van der Waals surface area contributed by atoms with Crippen molar-refractivity contribution >= 4 is 52.4 Å². The maximum atomic E-state index is 10.5. The highest BCUT2D eigenvalue weighted by Gasteiger charge is 2.41. The van der Waals surface area contributed by atoms with Gasteiger partial charge in [-0.3, -0.25) is 0 Å². The van der Waals surface area contributed by atoms with Crippen molar-refractivity contribution in [3.8, 4) is 0 Å². The van der Waals surface area contributed by atoms with Gasteiger partial charge in [-0.15, -0.1) is 23.2 Å². The number of rotatable bonds is 4. The van der Waals surface area contributed by atoms with Gasteiger partial charge in [-0.25, -0.2) is 4.79 Å². The van der Waals surface area contributed by atoms with Crippen molar-refractivity contribution in [3.63, 3.8) is 0 Å². The first-order valence-electron chi connectivity index (χ1n) is 3.17. The minimum atomic E-state index is -1.97. The van der Waals surface area contributed by atoms with Crippen LogP contribution in [0, 0.1) is 0 Å². The normalized spacial score (nSPS) is 17.1. The molecule has 0 fully saturated rings. The zero-order valence-corrected chi connectivity index (χ0v) is 9.25. The Morgan fingerprint density at radius 2 is 1.92 bits per heavy atom. The number of aliphatic carboxylic acids is 1. The van der Waals surface area contributed by atoms with E-state index in [1.54, 1.807) is 6.92 Å². The van der Waals surface area contributed by atoms with Crippen LogP contribution in [-0.2, 0) is 4.79 Å². The van der Waals surface area contributed by atoms with Gasteiger partial charge in [0.1, 0.15) is 0 Å². The Bertz CT molecular complexity index is 169. The summed E-state index contributed by atoms with van der Waals surface area (Å²) in [5.41, 5.74) is 0. The van der Waals surface area contributed by atoms with E-state index in [0.717, 1.165) is 0 Å². The molecule has 0 bridgehead atoms. The molecule has 0 aromatic heterocycles. The molecule has 2 nitrogen and oxygen atoms in total. The summed E-state index contributed by atoms with van der Waals surface area (Å²) < 4.78 is -1.97. The highest BCUT2D eigenvalue weighted by molar-refractivity contribution is 6.60. The molecule has 0 aliphatic rings. The van der Waals surface area contributed by atoms with Gasteiger partial charge >= 0.3 is 5.97 Å². The summed E-state index contributed by atoms with van der Waals surface area (Å²) in [7, 11) is 0. The van der Waals surface area contributed by atoms with Crippen LogP contribution in [-0.4, -0.2) is 26.2 Å². The van der Waals surface area contributed by atoms with Gasteiger partial charge < -0.3 is 5.11 Å². The quantitative estimate of drug-likeness (QED) is 0.783. The molecule has 0 aliphatic heterocycles. The van der Waals surface area contributed by atoms with Crippen LogP contribution in [0.5, 0.6) is 0 Å². The Morgan fingerprint density at radius 3 is 2.17 bits per heavy atom. The summed E-state index contributed by atoms with van der Waals surface area (Å²) in [5, 5.41) is 7.38. The number of carbonyl (C=O) groups is 1. The second-order valence-corrected chi connectivity index (χ2v) is 5.07. The standard InChI is InChI=1S/C6H8Cl4O2/c1-3(7)2-4(8)6(9,10)5(11)12/h3-4H,2H2,1H3,(H,11,12). The molecular weight excluding hydrogens is 246 g/mol. The van der Waals surface area contributed by atoms with E-state index in [1.807, 2.05) is 0 Å². The molecule has 12 heavy (non-hydrogen) atoms. The summed E-state index contributed by atoms with van der Waals surface area (Å²) in [4.78, 5) is 10.5. The molecule has 2 atom stereocenters. The average Bonchev–Trinajstić information content (AvgIpc) is 1.85. The molecular formula is C6H8Cl4O2. The van der Waals surface area contributed by atoms with Gasteiger partial charge in [0.15, 0.2) is 0 Å². The van der Waals surface area contributed by atoms with Gasteiger partial charge in [0, 0.05) is 5.38 Å². The van der Waals surface area contributed by atoms with Gasteiger partial charge in [0.25, 0.3) is 0 Å². The second kappa shape index (κ2) is 4.75. The molecule has 0 saturated carbocycles. The lowest BCUT2D eigenvalue weighted by Gasteiger charge is -2.20. The number of alkyl halides is 4. The van der Waals surface area contributed by atoms with Crippen LogP contribution >= 0.6 is 46.4 Å². The molecule has 1 N–H and O–H groups in total. The number of halogens is 4. The van der Waals surface area contributed by atoms with E-state index in [0.29, 0.717) is 0 Å². The fourth-order valence-corrected chi connectivity index (χ4v) is 1.38. The first kappa shape index (κ1) is 12.6. The molecule has 0 heterocycles. The lowest BCUT2D eigenvalue weighted by Crippen LogP contribution is -2.36. The van der Waals surface area contributed by atoms with Crippen molar-refractivity contribution in [2.45, 2.75) is 28.4 Å². The van der Waals surface area contributed by atoms with E-state index in [4.69, 9.17) is 51.5 Å². The lowest BCUT2D eigenvalue weighted by molar-refractivity contribution is -0.137. The third-order valence-electron chi connectivity index (χ3n) is 1.21. The number of hydrogen-bond acceptors (Lipinski definition) is 1. The van der Waals surface area contributed by atoms with E-state index in [-0.39, 0.29) is 11.8 Å². The first-order chi connectivity index (χ1) is 5.28. The largest absolute Gasteiger partial charge is 0.479 e. The van der Waals surface area contributed by atoms with Crippen molar-refractivity contribution in [1.82, 2.24) is 0 Å². The molecule has 2 unspecified atom stereocenters.